The molecule has 2 aliphatic rings. The van der Waals surface area contributed by atoms with Gasteiger partial charge in [0.1, 0.15) is 0 Å². The van der Waals surface area contributed by atoms with Crippen molar-refractivity contribution >= 4 is 5.91 Å². The Labute approximate surface area is 91.0 Å². The molecule has 1 saturated heterocycles. The van der Waals surface area contributed by atoms with E-state index in [2.05, 4.69) is 12.2 Å². The second-order valence-corrected chi connectivity index (χ2v) is 4.50. The van der Waals surface area contributed by atoms with E-state index < -0.39 is 0 Å². The van der Waals surface area contributed by atoms with Crippen molar-refractivity contribution in [2.24, 2.45) is 0 Å². The Kier molecular flexibility index (Phi) is 2.98. The molecule has 0 aromatic rings. The number of ether oxygens (including phenoxy) is 1. The molecule has 0 radical (unpaired) electrons. The minimum Gasteiger partial charge on any atom is -0.385 e. The van der Waals surface area contributed by atoms with Gasteiger partial charge in [-0.1, -0.05) is 6.92 Å². The maximum absolute atomic E-state index is 12.1. The summed E-state index contributed by atoms with van der Waals surface area (Å²) in [6, 6.07) is 0. The smallest absolute Gasteiger partial charge is 0.244 e. The van der Waals surface area contributed by atoms with Crippen LogP contribution >= 0.6 is 0 Å². The highest BCUT2D eigenvalue weighted by atomic mass is 16.5. The average molecular weight is 212 g/mol. The fourth-order valence-electron chi connectivity index (χ4n) is 2.32. The van der Waals surface area contributed by atoms with E-state index in [4.69, 9.17) is 4.74 Å². The van der Waals surface area contributed by atoms with Gasteiger partial charge in [0.25, 0.3) is 0 Å². The number of carbonyl (C=O) groups excluding carboxylic acids is 1. The molecule has 4 nitrogen and oxygen atoms in total. The molecule has 1 aliphatic carbocycles. The molecule has 1 aliphatic heterocycles. The lowest BCUT2D eigenvalue weighted by atomic mass is 10.2. The minimum absolute atomic E-state index is 0.159. The number of amides is 1. The number of hydrogen-bond donors (Lipinski definition) is 1. The van der Waals surface area contributed by atoms with E-state index in [1.807, 2.05) is 4.90 Å². The van der Waals surface area contributed by atoms with Gasteiger partial charge in [0.2, 0.25) is 5.91 Å². The van der Waals surface area contributed by atoms with E-state index in [1.54, 1.807) is 7.11 Å². The Hall–Kier alpha value is -0.610. The van der Waals surface area contributed by atoms with Gasteiger partial charge in [0.15, 0.2) is 0 Å². The van der Waals surface area contributed by atoms with E-state index in [-0.39, 0.29) is 11.7 Å². The van der Waals surface area contributed by atoms with Crippen LogP contribution in [0, 0.1) is 0 Å². The molecule has 0 bridgehead atoms. The summed E-state index contributed by atoms with van der Waals surface area (Å²) < 4.78 is 5.01. The predicted octanol–water partition coefficient (Wildman–Crippen LogP) is 0.723. The molecule has 1 unspecified atom stereocenters. The van der Waals surface area contributed by atoms with Crippen LogP contribution in [0.25, 0.3) is 0 Å². The Morgan fingerprint density at radius 2 is 2.33 bits per heavy atom. The topological polar surface area (TPSA) is 41.6 Å². The number of hydrogen-bond acceptors (Lipinski definition) is 3. The lowest BCUT2D eigenvalue weighted by Gasteiger charge is -2.22. The maximum Gasteiger partial charge on any atom is 0.244 e. The van der Waals surface area contributed by atoms with Gasteiger partial charge in [0, 0.05) is 20.3 Å². The first kappa shape index (κ1) is 10.9. The molecule has 0 aromatic heterocycles. The van der Waals surface area contributed by atoms with Crippen molar-refractivity contribution in [2.45, 2.75) is 44.3 Å². The highest BCUT2D eigenvalue weighted by Gasteiger charge is 2.58. The molecule has 2 rings (SSSR count). The summed E-state index contributed by atoms with van der Waals surface area (Å²) >= 11 is 0. The highest BCUT2D eigenvalue weighted by Crippen LogP contribution is 2.42. The molecule has 1 N–H and O–H groups in total. The summed E-state index contributed by atoms with van der Waals surface area (Å²) in [5, 5.41) is 3.45. The van der Waals surface area contributed by atoms with Crippen molar-refractivity contribution < 1.29 is 9.53 Å². The lowest BCUT2D eigenvalue weighted by Crippen LogP contribution is -2.37. The Bertz CT molecular complexity index is 251. The zero-order chi connectivity index (χ0) is 10.9. The second kappa shape index (κ2) is 4.10. The van der Waals surface area contributed by atoms with Gasteiger partial charge in [-0.15, -0.1) is 0 Å². The number of rotatable bonds is 5. The second-order valence-electron chi connectivity index (χ2n) is 4.50. The molecular formula is C11H20N2O2. The monoisotopic (exact) mass is 212 g/mol. The summed E-state index contributed by atoms with van der Waals surface area (Å²) in [6.07, 6.45) is 4.19. The largest absolute Gasteiger partial charge is 0.385 e. The van der Waals surface area contributed by atoms with Crippen LogP contribution in [0.1, 0.15) is 32.6 Å². The fourth-order valence-corrected chi connectivity index (χ4v) is 2.32. The van der Waals surface area contributed by atoms with Gasteiger partial charge < -0.3 is 9.64 Å². The van der Waals surface area contributed by atoms with Crippen molar-refractivity contribution in [1.82, 2.24) is 10.2 Å². The van der Waals surface area contributed by atoms with Crippen molar-refractivity contribution in [1.29, 1.82) is 0 Å². The molecule has 1 atom stereocenters. The first-order chi connectivity index (χ1) is 7.23. The fraction of sp³-hybridized carbons (Fsp3) is 0.909. The molecule has 1 amide bonds. The molecule has 4 heteroatoms. The van der Waals surface area contributed by atoms with Crippen LogP contribution in [0.3, 0.4) is 0 Å². The van der Waals surface area contributed by atoms with Crippen LogP contribution in [0.15, 0.2) is 0 Å². The zero-order valence-electron chi connectivity index (χ0n) is 9.58. The number of nitrogens with zero attached hydrogens (tertiary/aromatic N) is 1. The number of methoxy groups -OCH3 is 1. The Morgan fingerprint density at radius 3 is 2.87 bits per heavy atom. The number of nitrogens with one attached hydrogen (secondary N) is 1. The quantitative estimate of drug-likeness (QED) is 0.683. The predicted molar refractivity (Wildman–Crippen MR) is 57.4 cm³/mol. The van der Waals surface area contributed by atoms with E-state index in [0.29, 0.717) is 5.91 Å². The van der Waals surface area contributed by atoms with Crippen molar-refractivity contribution in [3.63, 3.8) is 0 Å². The van der Waals surface area contributed by atoms with Gasteiger partial charge in [-0.05, 0) is 25.7 Å². The van der Waals surface area contributed by atoms with Crippen molar-refractivity contribution in [2.75, 3.05) is 20.3 Å². The Balaban J connectivity index is 1.92. The van der Waals surface area contributed by atoms with Crippen LogP contribution < -0.4 is 5.32 Å². The summed E-state index contributed by atoms with van der Waals surface area (Å²) in [5.74, 6) is 0.311. The molecule has 0 aromatic carbocycles. The highest BCUT2D eigenvalue weighted by molar-refractivity contribution is 5.91. The van der Waals surface area contributed by atoms with E-state index >= 15 is 0 Å². The molecule has 15 heavy (non-hydrogen) atoms. The third kappa shape index (κ3) is 1.88. The molecule has 2 fully saturated rings. The van der Waals surface area contributed by atoms with E-state index in [0.717, 1.165) is 38.8 Å². The van der Waals surface area contributed by atoms with Crippen LogP contribution in [0.2, 0.25) is 0 Å². The van der Waals surface area contributed by atoms with Gasteiger partial charge in [-0.2, -0.15) is 0 Å². The summed E-state index contributed by atoms with van der Waals surface area (Å²) in [7, 11) is 1.70. The standard InChI is InChI=1S/C11H20N2O2/c1-3-9-12-11(5-6-11)10(14)13(9)7-4-8-15-2/h9,12H,3-8H2,1-2H3. The summed E-state index contributed by atoms with van der Waals surface area (Å²) in [4.78, 5) is 14.1. The maximum atomic E-state index is 12.1. The zero-order valence-corrected chi connectivity index (χ0v) is 9.58. The van der Waals surface area contributed by atoms with Crippen LogP contribution in [0.5, 0.6) is 0 Å². The van der Waals surface area contributed by atoms with E-state index in [9.17, 15) is 4.79 Å². The van der Waals surface area contributed by atoms with Crippen molar-refractivity contribution in [3.05, 3.63) is 0 Å². The number of carbonyl (C=O) groups is 1. The first-order valence-corrected chi connectivity index (χ1v) is 5.81. The lowest BCUT2D eigenvalue weighted by molar-refractivity contribution is -0.131. The molecular weight excluding hydrogens is 192 g/mol. The summed E-state index contributed by atoms with van der Waals surface area (Å²) in [6.45, 7) is 3.67. The molecule has 86 valence electrons. The third-order valence-corrected chi connectivity index (χ3v) is 3.37. The Morgan fingerprint density at radius 1 is 1.60 bits per heavy atom. The SMILES string of the molecule is CCC1NC2(CC2)C(=O)N1CCCOC. The van der Waals surface area contributed by atoms with E-state index in [1.165, 1.54) is 0 Å². The summed E-state index contributed by atoms with van der Waals surface area (Å²) in [5.41, 5.74) is -0.159. The minimum atomic E-state index is -0.159. The third-order valence-electron chi connectivity index (χ3n) is 3.37. The van der Waals surface area contributed by atoms with Crippen LogP contribution in [0.4, 0.5) is 0 Å². The van der Waals surface area contributed by atoms with Gasteiger partial charge in [-0.25, -0.2) is 0 Å². The average Bonchev–Trinajstić information content (AvgIpc) is 2.96. The van der Waals surface area contributed by atoms with Gasteiger partial charge in [0.05, 0.1) is 11.7 Å². The van der Waals surface area contributed by atoms with Gasteiger partial charge >= 0.3 is 0 Å². The van der Waals surface area contributed by atoms with Gasteiger partial charge in [-0.3, -0.25) is 10.1 Å². The normalized spacial score (nSPS) is 27.7. The first-order valence-electron chi connectivity index (χ1n) is 5.81. The molecule has 1 spiro atoms. The van der Waals surface area contributed by atoms with Crippen LogP contribution in [-0.4, -0.2) is 42.8 Å². The molecule has 1 heterocycles. The molecule has 1 saturated carbocycles. The van der Waals surface area contributed by atoms with Crippen molar-refractivity contribution in [3.8, 4) is 0 Å². The van der Waals surface area contributed by atoms with Crippen LogP contribution in [-0.2, 0) is 9.53 Å².